The molecule has 1 aromatic heterocycles. The van der Waals surface area contributed by atoms with Crippen molar-refractivity contribution in [2.75, 3.05) is 7.11 Å². The van der Waals surface area contributed by atoms with Crippen LogP contribution in [0.3, 0.4) is 0 Å². The predicted molar refractivity (Wildman–Crippen MR) is 138 cm³/mol. The van der Waals surface area contributed by atoms with Gasteiger partial charge in [-0.15, -0.1) is 0 Å². The minimum atomic E-state index is -0.00846. The van der Waals surface area contributed by atoms with Crippen molar-refractivity contribution in [3.8, 4) is 17.0 Å². The summed E-state index contributed by atoms with van der Waals surface area (Å²) in [6, 6.07) is 30.3. The van der Waals surface area contributed by atoms with Crippen LogP contribution in [0.1, 0.15) is 25.0 Å². The number of hydrogen-bond acceptors (Lipinski definition) is 2. The van der Waals surface area contributed by atoms with Crippen molar-refractivity contribution < 1.29 is 4.74 Å². The second-order valence-electron chi connectivity index (χ2n) is 8.42. The number of fused-ring (bicyclic) bond motifs is 2. The third kappa shape index (κ3) is 3.72. The fourth-order valence-corrected chi connectivity index (χ4v) is 4.48. The van der Waals surface area contributed by atoms with Crippen LogP contribution >= 0.6 is 0 Å². The van der Waals surface area contributed by atoms with Crippen molar-refractivity contribution >= 4 is 27.2 Å². The molecule has 5 rings (SSSR count). The highest BCUT2D eigenvalue weighted by molar-refractivity contribution is 5.97. The number of allylic oxidation sites excluding steroid dienone is 1. The Hall–Kier alpha value is -4.11. The molecule has 4 aromatic carbocycles. The van der Waals surface area contributed by atoms with E-state index in [1.807, 2.05) is 60.7 Å². The molecule has 0 fully saturated rings. The van der Waals surface area contributed by atoms with Gasteiger partial charge in [-0.3, -0.25) is 4.79 Å². The van der Waals surface area contributed by atoms with Crippen molar-refractivity contribution in [2.24, 2.45) is 0 Å². The molecule has 0 aliphatic rings. The monoisotopic (exact) mass is 431 g/mol. The van der Waals surface area contributed by atoms with Gasteiger partial charge in [0.25, 0.3) is 0 Å². The van der Waals surface area contributed by atoms with Crippen LogP contribution < -0.4 is 10.2 Å². The van der Waals surface area contributed by atoms with E-state index in [2.05, 4.69) is 49.2 Å². The van der Waals surface area contributed by atoms with Crippen LogP contribution in [0.15, 0.2) is 101 Å². The quantitative estimate of drug-likeness (QED) is 0.327. The molecule has 0 amide bonds. The standard InChI is InChI=1S/C30H25NO2/c1-19(2)27(23-14-13-20-9-7-8-12-22(20)17-23)28-29(21-10-5-4-6-11-21)31-26-16-15-24(33-3)18-25(26)30(28)32/h4-18H,1-3H3,(H,31,32). The van der Waals surface area contributed by atoms with Gasteiger partial charge in [0.15, 0.2) is 5.43 Å². The zero-order valence-corrected chi connectivity index (χ0v) is 19.0. The summed E-state index contributed by atoms with van der Waals surface area (Å²) < 4.78 is 5.41. The number of pyridine rings is 1. The van der Waals surface area contributed by atoms with E-state index in [0.29, 0.717) is 16.7 Å². The number of hydrogen-bond donors (Lipinski definition) is 1. The lowest BCUT2D eigenvalue weighted by molar-refractivity contribution is 0.415. The largest absolute Gasteiger partial charge is 0.497 e. The van der Waals surface area contributed by atoms with E-state index >= 15 is 0 Å². The number of benzene rings is 4. The average Bonchev–Trinajstić information content (AvgIpc) is 2.85. The molecule has 0 atom stereocenters. The highest BCUT2D eigenvalue weighted by atomic mass is 16.5. The van der Waals surface area contributed by atoms with E-state index in [1.165, 1.54) is 5.39 Å². The maximum Gasteiger partial charge on any atom is 0.197 e. The molecule has 0 aliphatic heterocycles. The van der Waals surface area contributed by atoms with Gasteiger partial charge in [-0.2, -0.15) is 0 Å². The van der Waals surface area contributed by atoms with Crippen LogP contribution in [0.2, 0.25) is 0 Å². The molecular formula is C30H25NO2. The normalized spacial score (nSPS) is 11.0. The topological polar surface area (TPSA) is 42.1 Å². The first-order valence-corrected chi connectivity index (χ1v) is 11.0. The lowest BCUT2D eigenvalue weighted by Crippen LogP contribution is -2.14. The molecule has 3 heteroatoms. The summed E-state index contributed by atoms with van der Waals surface area (Å²) in [4.78, 5) is 17.6. The van der Waals surface area contributed by atoms with Crippen LogP contribution in [0.25, 0.3) is 38.5 Å². The number of ether oxygens (including phenoxy) is 1. The molecular weight excluding hydrogens is 406 g/mol. The molecule has 1 N–H and O–H groups in total. The van der Waals surface area contributed by atoms with Crippen molar-refractivity contribution in [1.29, 1.82) is 0 Å². The van der Waals surface area contributed by atoms with Gasteiger partial charge in [0, 0.05) is 5.39 Å². The molecule has 0 spiro atoms. The van der Waals surface area contributed by atoms with Gasteiger partial charge < -0.3 is 9.72 Å². The molecule has 0 unspecified atom stereocenters. The maximum atomic E-state index is 14.1. The molecule has 0 saturated heterocycles. The van der Waals surface area contributed by atoms with Crippen molar-refractivity contribution in [2.45, 2.75) is 13.8 Å². The van der Waals surface area contributed by atoms with E-state index in [1.54, 1.807) is 7.11 Å². The SMILES string of the molecule is COc1ccc2[nH]c(-c3ccccc3)c(C(=C(C)C)c3ccc4ccccc4c3)c(=O)c2c1. The Bertz CT molecular complexity index is 1570. The van der Waals surface area contributed by atoms with Crippen molar-refractivity contribution in [1.82, 2.24) is 4.98 Å². The Balaban J connectivity index is 1.87. The minimum absolute atomic E-state index is 0.00846. The molecule has 0 saturated carbocycles. The summed E-state index contributed by atoms with van der Waals surface area (Å²) in [7, 11) is 1.62. The molecule has 33 heavy (non-hydrogen) atoms. The van der Waals surface area contributed by atoms with Gasteiger partial charge in [-0.1, -0.05) is 72.3 Å². The lowest BCUT2D eigenvalue weighted by atomic mass is 9.88. The van der Waals surface area contributed by atoms with E-state index in [4.69, 9.17) is 4.74 Å². The third-order valence-corrected chi connectivity index (χ3v) is 6.06. The highest BCUT2D eigenvalue weighted by Gasteiger charge is 2.20. The Morgan fingerprint density at radius 3 is 2.24 bits per heavy atom. The molecule has 0 bridgehead atoms. The summed E-state index contributed by atoms with van der Waals surface area (Å²) >= 11 is 0. The lowest BCUT2D eigenvalue weighted by Gasteiger charge is -2.17. The van der Waals surface area contributed by atoms with Crippen LogP contribution in [-0.4, -0.2) is 12.1 Å². The first-order chi connectivity index (χ1) is 16.1. The van der Waals surface area contributed by atoms with Crippen molar-refractivity contribution in [3.63, 3.8) is 0 Å². The minimum Gasteiger partial charge on any atom is -0.497 e. The summed E-state index contributed by atoms with van der Waals surface area (Å²) in [5, 5.41) is 2.94. The number of nitrogens with one attached hydrogen (secondary N) is 1. The van der Waals surface area contributed by atoms with Crippen molar-refractivity contribution in [3.05, 3.63) is 118 Å². The molecule has 162 valence electrons. The van der Waals surface area contributed by atoms with E-state index in [-0.39, 0.29) is 5.43 Å². The van der Waals surface area contributed by atoms with Gasteiger partial charge in [0.1, 0.15) is 5.75 Å². The number of aromatic nitrogens is 1. The maximum absolute atomic E-state index is 14.1. The summed E-state index contributed by atoms with van der Waals surface area (Å²) in [5.74, 6) is 0.663. The number of aromatic amines is 1. The van der Waals surface area contributed by atoms with Crippen LogP contribution in [0.4, 0.5) is 0 Å². The number of H-pyrrole nitrogens is 1. The Morgan fingerprint density at radius 1 is 0.788 bits per heavy atom. The molecule has 1 heterocycles. The van der Waals surface area contributed by atoms with Gasteiger partial charge in [-0.05, 0) is 65.6 Å². The Morgan fingerprint density at radius 2 is 1.52 bits per heavy atom. The second kappa shape index (κ2) is 8.44. The highest BCUT2D eigenvalue weighted by Crippen LogP contribution is 2.34. The van der Waals surface area contributed by atoms with E-state index in [0.717, 1.165) is 38.9 Å². The van der Waals surface area contributed by atoms with Gasteiger partial charge >= 0.3 is 0 Å². The van der Waals surface area contributed by atoms with Crippen LogP contribution in [0, 0.1) is 0 Å². The van der Waals surface area contributed by atoms with E-state index in [9.17, 15) is 4.79 Å². The van der Waals surface area contributed by atoms with Gasteiger partial charge in [-0.25, -0.2) is 0 Å². The Labute approximate surface area is 193 Å². The third-order valence-electron chi connectivity index (χ3n) is 6.06. The van der Waals surface area contributed by atoms with Gasteiger partial charge in [0.05, 0.1) is 23.9 Å². The molecule has 3 nitrogen and oxygen atoms in total. The van der Waals surface area contributed by atoms with Crippen LogP contribution in [-0.2, 0) is 0 Å². The number of methoxy groups -OCH3 is 1. The second-order valence-corrected chi connectivity index (χ2v) is 8.42. The summed E-state index contributed by atoms with van der Waals surface area (Å²) in [6.45, 7) is 4.13. The fourth-order valence-electron chi connectivity index (χ4n) is 4.48. The Kier molecular flexibility index (Phi) is 5.31. The first kappa shape index (κ1) is 20.8. The molecule has 0 aliphatic carbocycles. The average molecular weight is 432 g/mol. The smallest absolute Gasteiger partial charge is 0.197 e. The summed E-state index contributed by atoms with van der Waals surface area (Å²) in [6.07, 6.45) is 0. The van der Waals surface area contributed by atoms with Crippen LogP contribution in [0.5, 0.6) is 5.75 Å². The molecule has 0 radical (unpaired) electrons. The summed E-state index contributed by atoms with van der Waals surface area (Å²) in [5.41, 5.74) is 6.31. The molecule has 5 aromatic rings. The zero-order chi connectivity index (χ0) is 22.9. The first-order valence-electron chi connectivity index (χ1n) is 11.0. The van der Waals surface area contributed by atoms with E-state index < -0.39 is 0 Å². The zero-order valence-electron chi connectivity index (χ0n) is 19.0. The van der Waals surface area contributed by atoms with Gasteiger partial charge in [0.2, 0.25) is 0 Å². The fraction of sp³-hybridized carbons (Fsp3) is 0.100. The predicted octanol–water partition coefficient (Wildman–Crippen LogP) is 7.20. The number of rotatable bonds is 4.